The highest BCUT2D eigenvalue weighted by molar-refractivity contribution is 6.37. The van der Waals surface area contributed by atoms with E-state index in [-0.39, 0.29) is 0 Å². The number of rotatable bonds is 6. The van der Waals surface area contributed by atoms with Crippen LogP contribution in [-0.2, 0) is 13.0 Å². The van der Waals surface area contributed by atoms with Gasteiger partial charge in [-0.15, -0.1) is 0 Å². The second kappa shape index (κ2) is 7.26. The average Bonchev–Trinajstić information content (AvgIpc) is 2.95. The van der Waals surface area contributed by atoms with Crippen molar-refractivity contribution >= 4 is 34.1 Å². The van der Waals surface area contributed by atoms with E-state index in [0.29, 0.717) is 22.3 Å². The Hall–Kier alpha value is -1.68. The molecule has 0 aliphatic rings. The van der Waals surface area contributed by atoms with Crippen molar-refractivity contribution in [3.63, 3.8) is 0 Å². The summed E-state index contributed by atoms with van der Waals surface area (Å²) in [7, 11) is 1.56. The van der Waals surface area contributed by atoms with Crippen LogP contribution in [0.1, 0.15) is 11.1 Å². The van der Waals surface area contributed by atoms with Gasteiger partial charge in [-0.25, -0.2) is 0 Å². The topological polar surface area (TPSA) is 37.0 Å². The van der Waals surface area contributed by atoms with Gasteiger partial charge < -0.3 is 15.0 Å². The summed E-state index contributed by atoms with van der Waals surface area (Å²) in [5.74, 6) is 0.524. The van der Waals surface area contributed by atoms with Gasteiger partial charge in [-0.2, -0.15) is 0 Å². The summed E-state index contributed by atoms with van der Waals surface area (Å²) in [5, 5.41) is 5.78. The Morgan fingerprint density at radius 3 is 2.61 bits per heavy atom. The van der Waals surface area contributed by atoms with Gasteiger partial charge in [0.1, 0.15) is 0 Å². The summed E-state index contributed by atoms with van der Waals surface area (Å²) in [4.78, 5) is 3.30. The van der Waals surface area contributed by atoms with E-state index in [2.05, 4.69) is 34.7 Å². The summed E-state index contributed by atoms with van der Waals surface area (Å²) >= 11 is 12.3. The van der Waals surface area contributed by atoms with Gasteiger partial charge in [0.15, 0.2) is 5.75 Å². The quantitative estimate of drug-likeness (QED) is 0.627. The Morgan fingerprint density at radius 1 is 1.13 bits per heavy atom. The van der Waals surface area contributed by atoms with Crippen LogP contribution in [0.2, 0.25) is 10.0 Å². The summed E-state index contributed by atoms with van der Waals surface area (Å²) in [6.45, 7) is 1.59. The Morgan fingerprint density at radius 2 is 1.87 bits per heavy atom. The van der Waals surface area contributed by atoms with Crippen LogP contribution in [0.4, 0.5) is 0 Å². The van der Waals surface area contributed by atoms with E-state index in [9.17, 15) is 0 Å². The van der Waals surface area contributed by atoms with Crippen molar-refractivity contribution in [2.75, 3.05) is 13.7 Å². The van der Waals surface area contributed by atoms with E-state index in [0.717, 1.165) is 18.5 Å². The minimum Gasteiger partial charge on any atom is -0.494 e. The molecule has 0 amide bonds. The first-order chi connectivity index (χ1) is 11.2. The molecule has 1 aromatic heterocycles. The Bertz CT molecular complexity index is 791. The maximum absolute atomic E-state index is 6.15. The minimum atomic E-state index is 0.524. The molecule has 2 aromatic carbocycles. The number of nitrogens with one attached hydrogen (secondary N) is 2. The molecule has 23 heavy (non-hydrogen) atoms. The minimum absolute atomic E-state index is 0.524. The number of hydrogen-bond acceptors (Lipinski definition) is 2. The maximum atomic E-state index is 6.15. The van der Waals surface area contributed by atoms with E-state index >= 15 is 0 Å². The van der Waals surface area contributed by atoms with Gasteiger partial charge in [0.05, 0.1) is 17.2 Å². The van der Waals surface area contributed by atoms with E-state index in [4.69, 9.17) is 27.9 Å². The zero-order valence-corrected chi connectivity index (χ0v) is 14.3. The molecule has 3 aromatic rings. The average molecular weight is 349 g/mol. The normalized spacial score (nSPS) is 11.1. The first kappa shape index (κ1) is 16.2. The monoisotopic (exact) mass is 348 g/mol. The number of aromatic amines is 1. The number of methoxy groups -OCH3 is 1. The van der Waals surface area contributed by atoms with Crippen molar-refractivity contribution in [2.45, 2.75) is 13.0 Å². The molecule has 2 N–H and O–H groups in total. The van der Waals surface area contributed by atoms with E-state index < -0.39 is 0 Å². The van der Waals surface area contributed by atoms with Crippen molar-refractivity contribution in [3.8, 4) is 5.75 Å². The van der Waals surface area contributed by atoms with E-state index in [1.54, 1.807) is 7.11 Å². The lowest BCUT2D eigenvalue weighted by molar-refractivity contribution is 0.415. The largest absolute Gasteiger partial charge is 0.494 e. The summed E-state index contributed by atoms with van der Waals surface area (Å²) in [5.41, 5.74) is 3.54. The van der Waals surface area contributed by atoms with Gasteiger partial charge in [-0.05, 0) is 42.3 Å². The molecule has 3 nitrogen and oxygen atoms in total. The number of hydrogen-bond donors (Lipinski definition) is 2. The highest BCUT2D eigenvalue weighted by atomic mass is 35.5. The number of ether oxygens (including phenoxy) is 1. The molecule has 0 bridgehead atoms. The predicted octanol–water partition coefficient (Wildman–Crippen LogP) is 4.82. The first-order valence-electron chi connectivity index (χ1n) is 7.46. The van der Waals surface area contributed by atoms with Crippen LogP contribution in [0.5, 0.6) is 5.75 Å². The van der Waals surface area contributed by atoms with Gasteiger partial charge in [0.2, 0.25) is 0 Å². The molecule has 0 fully saturated rings. The molecular weight excluding hydrogens is 331 g/mol. The van der Waals surface area contributed by atoms with Crippen LogP contribution in [0.15, 0.2) is 42.6 Å². The van der Waals surface area contributed by atoms with E-state index in [1.165, 1.54) is 16.5 Å². The molecule has 3 rings (SSSR count). The van der Waals surface area contributed by atoms with Crippen molar-refractivity contribution in [2.24, 2.45) is 0 Å². The van der Waals surface area contributed by atoms with Crippen LogP contribution in [0.3, 0.4) is 0 Å². The molecule has 5 heteroatoms. The molecule has 0 spiro atoms. The van der Waals surface area contributed by atoms with Crippen LogP contribution in [-0.4, -0.2) is 18.6 Å². The number of benzene rings is 2. The highest BCUT2D eigenvalue weighted by Gasteiger charge is 2.08. The van der Waals surface area contributed by atoms with Gasteiger partial charge in [0.25, 0.3) is 0 Å². The third-order valence-corrected chi connectivity index (χ3v) is 4.40. The van der Waals surface area contributed by atoms with Gasteiger partial charge in [0, 0.05) is 23.6 Å². The molecule has 120 valence electrons. The van der Waals surface area contributed by atoms with Crippen LogP contribution < -0.4 is 10.1 Å². The Labute approximate surface area is 145 Å². The fourth-order valence-corrected chi connectivity index (χ4v) is 3.39. The summed E-state index contributed by atoms with van der Waals surface area (Å²) in [6.07, 6.45) is 3.04. The van der Waals surface area contributed by atoms with Gasteiger partial charge >= 0.3 is 0 Å². The lowest BCUT2D eigenvalue weighted by atomic mass is 10.1. The Balaban J connectivity index is 1.58. The van der Waals surface area contributed by atoms with Crippen molar-refractivity contribution in [1.82, 2.24) is 10.3 Å². The predicted molar refractivity (Wildman–Crippen MR) is 96.7 cm³/mol. The molecule has 0 aliphatic carbocycles. The fourth-order valence-electron chi connectivity index (χ4n) is 2.70. The standard InChI is InChI=1S/C18H18Cl2N2O/c1-23-18-15(19)8-12(9-16(18)20)10-21-7-6-13-11-22-17-5-3-2-4-14(13)17/h2-5,8-9,11,21-22H,6-7,10H2,1H3. The third kappa shape index (κ3) is 3.63. The number of halogens is 2. The molecule has 0 aliphatic heterocycles. The van der Waals surface area contributed by atoms with Crippen molar-refractivity contribution < 1.29 is 4.74 Å². The van der Waals surface area contributed by atoms with Gasteiger partial charge in [-0.1, -0.05) is 41.4 Å². The maximum Gasteiger partial charge on any atom is 0.156 e. The van der Waals surface area contributed by atoms with Gasteiger partial charge in [-0.3, -0.25) is 0 Å². The second-order valence-electron chi connectivity index (χ2n) is 5.38. The van der Waals surface area contributed by atoms with E-state index in [1.807, 2.05) is 18.2 Å². The zero-order valence-electron chi connectivity index (χ0n) is 12.8. The van der Waals surface area contributed by atoms with Crippen LogP contribution in [0, 0.1) is 0 Å². The highest BCUT2D eigenvalue weighted by Crippen LogP contribution is 2.33. The summed E-state index contributed by atoms with van der Waals surface area (Å²) in [6, 6.07) is 12.1. The molecule has 0 atom stereocenters. The number of para-hydroxylation sites is 1. The lowest BCUT2D eigenvalue weighted by Gasteiger charge is -2.09. The fraction of sp³-hybridized carbons (Fsp3) is 0.222. The molecule has 0 unspecified atom stereocenters. The van der Waals surface area contributed by atoms with Crippen LogP contribution in [0.25, 0.3) is 10.9 Å². The first-order valence-corrected chi connectivity index (χ1v) is 8.22. The smallest absolute Gasteiger partial charge is 0.156 e. The zero-order chi connectivity index (χ0) is 16.2. The molecule has 0 saturated heterocycles. The number of aromatic nitrogens is 1. The van der Waals surface area contributed by atoms with Crippen molar-refractivity contribution in [3.05, 3.63) is 63.8 Å². The van der Waals surface area contributed by atoms with Crippen LogP contribution >= 0.6 is 23.2 Å². The third-order valence-electron chi connectivity index (χ3n) is 3.84. The molecule has 0 saturated carbocycles. The lowest BCUT2D eigenvalue weighted by Crippen LogP contribution is -2.16. The molecule has 0 radical (unpaired) electrons. The number of H-pyrrole nitrogens is 1. The molecular formula is C18H18Cl2N2O. The SMILES string of the molecule is COc1c(Cl)cc(CNCCc2c[nH]c3ccccc23)cc1Cl. The van der Waals surface area contributed by atoms with Crippen molar-refractivity contribution in [1.29, 1.82) is 0 Å². The number of fused-ring (bicyclic) bond motifs is 1. The Kier molecular flexibility index (Phi) is 5.11. The molecule has 1 heterocycles. The summed E-state index contributed by atoms with van der Waals surface area (Å²) < 4.78 is 5.16. The second-order valence-corrected chi connectivity index (χ2v) is 6.19.